The van der Waals surface area contributed by atoms with Crippen LogP contribution in [0.2, 0.25) is 0 Å². The number of benzene rings is 2. The number of nitrogens with one attached hydrogen (secondary N) is 1. The molecule has 0 spiro atoms. The summed E-state index contributed by atoms with van der Waals surface area (Å²) in [5.74, 6) is 0. The smallest absolute Gasteiger partial charge is 0.0574 e. The molecule has 0 radical (unpaired) electrons. The van der Waals surface area contributed by atoms with Crippen LogP contribution in [0.1, 0.15) is 36.1 Å². The Morgan fingerprint density at radius 3 is 2.37 bits per heavy atom. The van der Waals surface area contributed by atoms with Crippen molar-refractivity contribution in [2.75, 3.05) is 7.05 Å². The van der Waals surface area contributed by atoms with Crippen molar-refractivity contribution in [3.8, 4) is 0 Å². The summed E-state index contributed by atoms with van der Waals surface area (Å²) in [6.07, 6.45) is 2.34. The van der Waals surface area contributed by atoms with E-state index in [9.17, 15) is 0 Å². The van der Waals surface area contributed by atoms with Gasteiger partial charge in [0, 0.05) is 3.57 Å². The van der Waals surface area contributed by atoms with E-state index in [1.54, 1.807) is 0 Å². The molecule has 0 heterocycles. The molecular formula is C17H20IN. The van der Waals surface area contributed by atoms with E-state index in [1.807, 2.05) is 7.05 Å². The summed E-state index contributed by atoms with van der Waals surface area (Å²) in [6.45, 7) is 2.22. The standard InChI is InChI=1S/C17H20IN/c1-3-6-13-7-4-8-14(11-13)17(19-2)15-9-5-10-16(18)12-15/h4-5,7-12,17,19H,3,6H2,1-2H3. The Balaban J connectivity index is 2.33. The molecule has 2 aromatic carbocycles. The molecule has 0 aromatic heterocycles. The van der Waals surface area contributed by atoms with Crippen molar-refractivity contribution in [1.82, 2.24) is 5.32 Å². The molecule has 0 amide bonds. The maximum absolute atomic E-state index is 3.43. The van der Waals surface area contributed by atoms with E-state index >= 15 is 0 Å². The molecule has 0 aliphatic carbocycles. The number of hydrogen-bond donors (Lipinski definition) is 1. The van der Waals surface area contributed by atoms with Crippen LogP contribution in [0.4, 0.5) is 0 Å². The second kappa shape index (κ2) is 7.06. The average Bonchev–Trinajstić information content (AvgIpc) is 2.41. The number of halogens is 1. The van der Waals surface area contributed by atoms with Gasteiger partial charge in [0.15, 0.2) is 0 Å². The maximum atomic E-state index is 3.43. The highest BCUT2D eigenvalue weighted by Gasteiger charge is 2.12. The van der Waals surface area contributed by atoms with Crippen LogP contribution in [0.25, 0.3) is 0 Å². The lowest BCUT2D eigenvalue weighted by Crippen LogP contribution is -2.17. The van der Waals surface area contributed by atoms with Crippen molar-refractivity contribution in [2.45, 2.75) is 25.8 Å². The summed E-state index contributed by atoms with van der Waals surface area (Å²) in [5, 5.41) is 3.43. The lowest BCUT2D eigenvalue weighted by atomic mass is 9.96. The molecule has 0 saturated heterocycles. The molecule has 2 aromatic rings. The monoisotopic (exact) mass is 365 g/mol. The lowest BCUT2D eigenvalue weighted by molar-refractivity contribution is 0.690. The second-order valence-corrected chi connectivity index (χ2v) is 6.02. The SMILES string of the molecule is CCCc1cccc(C(NC)c2cccc(I)c2)c1. The van der Waals surface area contributed by atoms with Crippen LogP contribution in [0.3, 0.4) is 0 Å². The minimum Gasteiger partial charge on any atom is -0.309 e. The molecule has 19 heavy (non-hydrogen) atoms. The van der Waals surface area contributed by atoms with E-state index in [4.69, 9.17) is 0 Å². The molecule has 0 saturated carbocycles. The molecule has 1 nitrogen and oxygen atoms in total. The van der Waals surface area contributed by atoms with Crippen LogP contribution in [-0.2, 0) is 6.42 Å². The zero-order chi connectivity index (χ0) is 13.7. The van der Waals surface area contributed by atoms with E-state index in [-0.39, 0.29) is 6.04 Å². The van der Waals surface area contributed by atoms with Gasteiger partial charge >= 0.3 is 0 Å². The summed E-state index contributed by atoms with van der Waals surface area (Å²) in [7, 11) is 2.02. The fraction of sp³-hybridized carbons (Fsp3) is 0.294. The van der Waals surface area contributed by atoms with Gasteiger partial charge < -0.3 is 5.32 Å². The van der Waals surface area contributed by atoms with E-state index in [1.165, 1.54) is 26.7 Å². The molecular weight excluding hydrogens is 345 g/mol. The maximum Gasteiger partial charge on any atom is 0.0574 e. The highest BCUT2D eigenvalue weighted by Crippen LogP contribution is 2.24. The van der Waals surface area contributed by atoms with E-state index in [0.717, 1.165) is 6.42 Å². The first-order valence-electron chi connectivity index (χ1n) is 6.76. The fourth-order valence-electron chi connectivity index (χ4n) is 2.43. The summed E-state index contributed by atoms with van der Waals surface area (Å²) in [6, 6.07) is 17.9. The van der Waals surface area contributed by atoms with Crippen LogP contribution >= 0.6 is 22.6 Å². The summed E-state index contributed by atoms with van der Waals surface area (Å²) >= 11 is 2.37. The number of aryl methyl sites for hydroxylation is 1. The van der Waals surface area contributed by atoms with Crippen LogP contribution < -0.4 is 5.32 Å². The Bertz CT molecular complexity index is 536. The molecule has 0 bridgehead atoms. The minimum absolute atomic E-state index is 0.270. The average molecular weight is 365 g/mol. The zero-order valence-corrected chi connectivity index (χ0v) is 13.6. The van der Waals surface area contributed by atoms with Crippen molar-refractivity contribution in [3.63, 3.8) is 0 Å². The van der Waals surface area contributed by atoms with Crippen LogP contribution in [0, 0.1) is 3.57 Å². The van der Waals surface area contributed by atoms with Crippen molar-refractivity contribution in [1.29, 1.82) is 0 Å². The van der Waals surface area contributed by atoms with Crippen molar-refractivity contribution >= 4 is 22.6 Å². The van der Waals surface area contributed by atoms with Gasteiger partial charge in [0.25, 0.3) is 0 Å². The predicted molar refractivity (Wildman–Crippen MR) is 90.5 cm³/mol. The van der Waals surface area contributed by atoms with Gasteiger partial charge in [-0.15, -0.1) is 0 Å². The number of hydrogen-bond acceptors (Lipinski definition) is 1. The van der Waals surface area contributed by atoms with Crippen molar-refractivity contribution in [2.24, 2.45) is 0 Å². The molecule has 1 N–H and O–H groups in total. The first-order chi connectivity index (χ1) is 9.24. The quantitative estimate of drug-likeness (QED) is 0.767. The molecule has 0 fully saturated rings. The van der Waals surface area contributed by atoms with Gasteiger partial charge in [-0.2, -0.15) is 0 Å². The molecule has 0 aliphatic rings. The van der Waals surface area contributed by atoms with Gasteiger partial charge in [-0.3, -0.25) is 0 Å². The van der Waals surface area contributed by atoms with Crippen LogP contribution in [-0.4, -0.2) is 7.05 Å². The Kier molecular flexibility index (Phi) is 5.40. The normalized spacial score (nSPS) is 12.4. The Hall–Kier alpha value is -0.870. The molecule has 1 atom stereocenters. The van der Waals surface area contributed by atoms with Gasteiger partial charge in [0.2, 0.25) is 0 Å². The van der Waals surface area contributed by atoms with E-state index < -0.39 is 0 Å². The van der Waals surface area contributed by atoms with Gasteiger partial charge in [0.1, 0.15) is 0 Å². The number of rotatable bonds is 5. The summed E-state index contributed by atoms with van der Waals surface area (Å²) in [4.78, 5) is 0. The minimum atomic E-state index is 0.270. The summed E-state index contributed by atoms with van der Waals surface area (Å²) < 4.78 is 1.28. The van der Waals surface area contributed by atoms with Crippen LogP contribution in [0.15, 0.2) is 48.5 Å². The Morgan fingerprint density at radius 2 is 1.74 bits per heavy atom. The Labute approximate surface area is 129 Å². The van der Waals surface area contributed by atoms with Crippen molar-refractivity contribution < 1.29 is 0 Å². The van der Waals surface area contributed by atoms with Crippen LogP contribution in [0.5, 0.6) is 0 Å². The van der Waals surface area contributed by atoms with Gasteiger partial charge in [-0.05, 0) is 64.9 Å². The molecule has 100 valence electrons. The largest absolute Gasteiger partial charge is 0.309 e. The Morgan fingerprint density at radius 1 is 1.05 bits per heavy atom. The first-order valence-corrected chi connectivity index (χ1v) is 7.84. The van der Waals surface area contributed by atoms with Crippen molar-refractivity contribution in [3.05, 3.63) is 68.8 Å². The molecule has 2 heteroatoms. The summed E-state index contributed by atoms with van der Waals surface area (Å²) in [5.41, 5.74) is 4.09. The van der Waals surface area contributed by atoms with E-state index in [2.05, 4.69) is 83.4 Å². The molecule has 0 aliphatic heterocycles. The van der Waals surface area contributed by atoms with Gasteiger partial charge in [-0.1, -0.05) is 49.7 Å². The third-order valence-corrected chi connectivity index (χ3v) is 3.96. The second-order valence-electron chi connectivity index (χ2n) is 4.77. The molecule has 2 rings (SSSR count). The third-order valence-electron chi connectivity index (χ3n) is 3.29. The lowest BCUT2D eigenvalue weighted by Gasteiger charge is -2.18. The first kappa shape index (κ1) is 14.5. The highest BCUT2D eigenvalue weighted by atomic mass is 127. The van der Waals surface area contributed by atoms with Gasteiger partial charge in [0.05, 0.1) is 6.04 Å². The van der Waals surface area contributed by atoms with Gasteiger partial charge in [-0.25, -0.2) is 0 Å². The highest BCUT2D eigenvalue weighted by molar-refractivity contribution is 14.1. The fourth-order valence-corrected chi connectivity index (χ4v) is 3.00. The third kappa shape index (κ3) is 3.80. The predicted octanol–water partition coefficient (Wildman–Crippen LogP) is 4.55. The topological polar surface area (TPSA) is 12.0 Å². The van der Waals surface area contributed by atoms with E-state index in [0.29, 0.717) is 0 Å². The molecule has 1 unspecified atom stereocenters. The zero-order valence-electron chi connectivity index (χ0n) is 11.5.